The van der Waals surface area contributed by atoms with Gasteiger partial charge in [-0.3, -0.25) is 4.79 Å². The molecular weight excluding hydrogens is 280 g/mol. The minimum absolute atomic E-state index is 0.245. The minimum Gasteiger partial charge on any atom is -0.348 e. The zero-order valence-corrected chi connectivity index (χ0v) is 14.0. The Balaban J connectivity index is 1.56. The van der Waals surface area contributed by atoms with Gasteiger partial charge in [0, 0.05) is 22.9 Å². The van der Waals surface area contributed by atoms with E-state index in [0.29, 0.717) is 24.5 Å². The van der Waals surface area contributed by atoms with Gasteiger partial charge in [0.1, 0.15) is 6.04 Å². The molecule has 1 saturated carbocycles. The van der Waals surface area contributed by atoms with Crippen molar-refractivity contribution in [3.63, 3.8) is 0 Å². The third-order valence-electron chi connectivity index (χ3n) is 5.38. The van der Waals surface area contributed by atoms with Crippen LogP contribution in [0.25, 0.3) is 0 Å². The van der Waals surface area contributed by atoms with Gasteiger partial charge in [-0.2, -0.15) is 0 Å². The van der Waals surface area contributed by atoms with Gasteiger partial charge in [-0.25, -0.2) is 0 Å². The summed E-state index contributed by atoms with van der Waals surface area (Å²) in [5.41, 5.74) is 1.46. The zero-order chi connectivity index (χ0) is 14.8. The highest BCUT2D eigenvalue weighted by Gasteiger charge is 2.31. The molecule has 1 fully saturated rings. The molecule has 116 valence electrons. The van der Waals surface area contributed by atoms with Crippen molar-refractivity contribution < 1.29 is 9.69 Å². The van der Waals surface area contributed by atoms with Crippen LogP contribution < -0.4 is 10.2 Å². The predicted octanol–water partition coefficient (Wildman–Crippen LogP) is 1.94. The van der Waals surface area contributed by atoms with E-state index in [4.69, 9.17) is 0 Å². The highest BCUT2D eigenvalue weighted by Crippen LogP contribution is 2.25. The third-order valence-corrected chi connectivity index (χ3v) is 6.37. The molecule has 0 spiro atoms. The summed E-state index contributed by atoms with van der Waals surface area (Å²) in [4.78, 5) is 15.3. The predicted molar refractivity (Wildman–Crippen MR) is 86.7 cm³/mol. The summed E-state index contributed by atoms with van der Waals surface area (Å²) in [6, 6.07) is 3.10. The highest BCUT2D eigenvalue weighted by atomic mass is 32.1. The molecule has 1 aliphatic carbocycles. The molecule has 0 bridgehead atoms. The fraction of sp³-hybridized carbons (Fsp3) is 0.706. The normalized spacial score (nSPS) is 32.5. The van der Waals surface area contributed by atoms with Crippen molar-refractivity contribution in [2.24, 2.45) is 5.92 Å². The van der Waals surface area contributed by atoms with Crippen molar-refractivity contribution in [3.05, 3.63) is 21.9 Å². The molecule has 1 aromatic heterocycles. The second-order valence-corrected chi connectivity index (χ2v) is 7.79. The smallest absolute Gasteiger partial charge is 0.275 e. The van der Waals surface area contributed by atoms with Crippen LogP contribution in [0.3, 0.4) is 0 Å². The number of carbonyl (C=O) groups excluding carboxylic acids is 1. The van der Waals surface area contributed by atoms with Crippen LogP contribution in [-0.2, 0) is 11.2 Å². The van der Waals surface area contributed by atoms with Crippen LogP contribution in [0.2, 0.25) is 0 Å². The molecule has 3 nitrogen and oxygen atoms in total. The topological polar surface area (TPSA) is 33.5 Å². The van der Waals surface area contributed by atoms with Crippen LogP contribution in [0.5, 0.6) is 0 Å². The lowest BCUT2D eigenvalue weighted by Crippen LogP contribution is -3.14. The maximum absolute atomic E-state index is 12.4. The van der Waals surface area contributed by atoms with Gasteiger partial charge in [0.15, 0.2) is 6.54 Å². The number of nitrogens with one attached hydrogen (secondary N) is 2. The molecule has 0 saturated heterocycles. The van der Waals surface area contributed by atoms with Crippen LogP contribution >= 0.6 is 11.3 Å². The van der Waals surface area contributed by atoms with Gasteiger partial charge in [-0.15, -0.1) is 11.3 Å². The molecule has 1 amide bonds. The average molecular weight is 307 g/mol. The summed E-state index contributed by atoms with van der Waals surface area (Å²) in [6.45, 7) is 6.25. The fourth-order valence-electron chi connectivity index (χ4n) is 3.89. The largest absolute Gasteiger partial charge is 0.348 e. The molecule has 1 aliphatic heterocycles. The Hall–Kier alpha value is -0.870. The highest BCUT2D eigenvalue weighted by molar-refractivity contribution is 7.10. The Morgan fingerprint density at radius 1 is 1.38 bits per heavy atom. The summed E-state index contributed by atoms with van der Waals surface area (Å²) in [5.74, 6) is 0.884. The molecule has 2 heterocycles. The van der Waals surface area contributed by atoms with E-state index in [9.17, 15) is 4.79 Å². The minimum atomic E-state index is 0.245. The molecule has 4 atom stereocenters. The summed E-state index contributed by atoms with van der Waals surface area (Å²) in [6.07, 6.45) is 6.13. The molecule has 1 unspecified atom stereocenters. The van der Waals surface area contributed by atoms with E-state index in [0.717, 1.165) is 19.4 Å². The zero-order valence-electron chi connectivity index (χ0n) is 13.2. The van der Waals surface area contributed by atoms with Crippen molar-refractivity contribution in [1.82, 2.24) is 5.32 Å². The molecule has 2 N–H and O–H groups in total. The van der Waals surface area contributed by atoms with Gasteiger partial charge < -0.3 is 10.2 Å². The number of rotatable bonds is 3. The molecule has 1 aromatic rings. The van der Waals surface area contributed by atoms with Gasteiger partial charge in [0.25, 0.3) is 5.91 Å². The fourth-order valence-corrected chi connectivity index (χ4v) is 4.87. The van der Waals surface area contributed by atoms with Crippen molar-refractivity contribution in [2.75, 3.05) is 13.1 Å². The lowest BCUT2D eigenvalue weighted by atomic mass is 9.86. The van der Waals surface area contributed by atoms with E-state index in [2.05, 4.69) is 30.6 Å². The van der Waals surface area contributed by atoms with Gasteiger partial charge >= 0.3 is 0 Å². The van der Waals surface area contributed by atoms with E-state index in [-0.39, 0.29) is 5.91 Å². The van der Waals surface area contributed by atoms with Crippen molar-refractivity contribution >= 4 is 17.2 Å². The van der Waals surface area contributed by atoms with Crippen LogP contribution in [0, 0.1) is 5.92 Å². The Bertz CT molecular complexity index is 499. The maximum atomic E-state index is 12.4. The third kappa shape index (κ3) is 3.32. The number of hydrogen-bond donors (Lipinski definition) is 2. The Kier molecular flexibility index (Phi) is 4.65. The van der Waals surface area contributed by atoms with Crippen molar-refractivity contribution in [1.29, 1.82) is 0 Å². The van der Waals surface area contributed by atoms with E-state index < -0.39 is 0 Å². The first-order valence-corrected chi connectivity index (χ1v) is 9.23. The molecule has 3 rings (SSSR count). The SMILES string of the molecule is C[C@H]1CCCC[C@@H]1NC(=O)C[NH+]1CCc2sccc2[C@@H]1C. The number of fused-ring (bicyclic) bond motifs is 1. The number of thiophene rings is 1. The number of quaternary nitrogens is 1. The Labute approximate surface area is 131 Å². The number of hydrogen-bond acceptors (Lipinski definition) is 2. The molecule has 0 aromatic carbocycles. The monoisotopic (exact) mass is 307 g/mol. The lowest BCUT2D eigenvalue weighted by Gasteiger charge is -2.32. The molecule has 4 heteroatoms. The Morgan fingerprint density at radius 2 is 2.19 bits per heavy atom. The summed E-state index contributed by atoms with van der Waals surface area (Å²) in [5, 5.41) is 5.49. The number of amides is 1. The Morgan fingerprint density at radius 3 is 3.00 bits per heavy atom. The maximum Gasteiger partial charge on any atom is 0.275 e. The van der Waals surface area contributed by atoms with E-state index in [1.807, 2.05) is 11.3 Å². The van der Waals surface area contributed by atoms with Gasteiger partial charge in [0.2, 0.25) is 0 Å². The summed E-state index contributed by atoms with van der Waals surface area (Å²) < 4.78 is 0. The van der Waals surface area contributed by atoms with E-state index in [1.165, 1.54) is 34.6 Å². The molecule has 2 aliphatic rings. The summed E-state index contributed by atoms with van der Waals surface area (Å²) in [7, 11) is 0. The van der Waals surface area contributed by atoms with Crippen molar-refractivity contribution in [2.45, 2.75) is 58.0 Å². The summed E-state index contributed by atoms with van der Waals surface area (Å²) >= 11 is 1.86. The van der Waals surface area contributed by atoms with Gasteiger partial charge in [0.05, 0.1) is 6.54 Å². The van der Waals surface area contributed by atoms with Gasteiger partial charge in [-0.1, -0.05) is 19.8 Å². The van der Waals surface area contributed by atoms with Crippen molar-refractivity contribution in [3.8, 4) is 0 Å². The first kappa shape index (κ1) is 15.0. The first-order chi connectivity index (χ1) is 10.1. The quantitative estimate of drug-likeness (QED) is 0.879. The molecule has 0 radical (unpaired) electrons. The van der Waals surface area contributed by atoms with E-state index >= 15 is 0 Å². The second kappa shape index (κ2) is 6.49. The standard InChI is InChI=1S/C17H26N2OS/c1-12-5-3-4-6-15(12)18-17(20)11-19-9-7-16-14(13(19)2)8-10-21-16/h8,10,12-13,15H,3-7,9,11H2,1-2H3,(H,18,20)/p+1/t12-,13-,15-/m0/s1. The van der Waals surface area contributed by atoms with Crippen LogP contribution in [0.4, 0.5) is 0 Å². The molecular formula is C17H27N2OS+. The van der Waals surface area contributed by atoms with E-state index in [1.54, 1.807) is 0 Å². The van der Waals surface area contributed by atoms with Crippen LogP contribution in [0.15, 0.2) is 11.4 Å². The van der Waals surface area contributed by atoms with Crippen LogP contribution in [-0.4, -0.2) is 25.0 Å². The second-order valence-electron chi connectivity index (χ2n) is 6.79. The average Bonchev–Trinajstić information content (AvgIpc) is 2.94. The van der Waals surface area contributed by atoms with Crippen LogP contribution in [0.1, 0.15) is 56.0 Å². The lowest BCUT2D eigenvalue weighted by molar-refractivity contribution is -0.924. The first-order valence-electron chi connectivity index (χ1n) is 8.35. The molecule has 21 heavy (non-hydrogen) atoms. The van der Waals surface area contributed by atoms with Gasteiger partial charge in [-0.05, 0) is 37.1 Å². The number of carbonyl (C=O) groups is 1.